The molecule has 0 heterocycles. The van der Waals surface area contributed by atoms with Gasteiger partial charge in [-0.05, 0) is 43.6 Å². The summed E-state index contributed by atoms with van der Waals surface area (Å²) in [5.74, 6) is -0.0440. The molecule has 17 heavy (non-hydrogen) atoms. The number of fused-ring (bicyclic) bond motifs is 1. The quantitative estimate of drug-likeness (QED) is 0.844. The van der Waals surface area contributed by atoms with Crippen LogP contribution >= 0.6 is 0 Å². The Morgan fingerprint density at radius 1 is 1.47 bits per heavy atom. The van der Waals surface area contributed by atoms with Gasteiger partial charge in [0.05, 0.1) is 0 Å². The molecule has 0 spiro atoms. The lowest BCUT2D eigenvalue weighted by atomic mass is 10.1. The van der Waals surface area contributed by atoms with Gasteiger partial charge in [-0.3, -0.25) is 0 Å². The van der Waals surface area contributed by atoms with Gasteiger partial charge >= 0.3 is 0 Å². The Labute approximate surface area is 103 Å². The zero-order valence-corrected chi connectivity index (χ0v) is 10.7. The molecule has 0 saturated heterocycles. The largest absolute Gasteiger partial charge is 0.309 e. The van der Waals surface area contributed by atoms with Crippen molar-refractivity contribution in [2.75, 3.05) is 26.7 Å². The molecule has 0 fully saturated rings. The van der Waals surface area contributed by atoms with E-state index in [4.69, 9.17) is 0 Å². The van der Waals surface area contributed by atoms with E-state index in [0.29, 0.717) is 6.04 Å². The summed E-state index contributed by atoms with van der Waals surface area (Å²) in [5.41, 5.74) is 2.07. The molecule has 0 radical (unpaired) electrons. The van der Waals surface area contributed by atoms with Gasteiger partial charge in [-0.25, -0.2) is 4.39 Å². The van der Waals surface area contributed by atoms with Crippen molar-refractivity contribution in [1.29, 1.82) is 0 Å². The number of halogens is 1. The number of nitrogens with zero attached hydrogens (tertiary/aromatic N) is 1. The molecule has 0 saturated carbocycles. The van der Waals surface area contributed by atoms with Crippen molar-refractivity contribution >= 4 is 0 Å². The summed E-state index contributed by atoms with van der Waals surface area (Å²) in [5, 5.41) is 3.52. The average molecular weight is 236 g/mol. The minimum Gasteiger partial charge on any atom is -0.309 e. The Morgan fingerprint density at radius 2 is 2.29 bits per heavy atom. The molecule has 1 N–H and O–H groups in total. The number of rotatable bonds is 5. The van der Waals surface area contributed by atoms with Gasteiger partial charge in [0.25, 0.3) is 0 Å². The lowest BCUT2D eigenvalue weighted by Gasteiger charge is -2.18. The number of hydrogen-bond donors (Lipinski definition) is 1. The molecule has 2 rings (SSSR count). The molecule has 1 aliphatic carbocycles. The Bertz CT molecular complexity index is 378. The van der Waals surface area contributed by atoms with E-state index in [-0.39, 0.29) is 5.82 Å². The van der Waals surface area contributed by atoms with Crippen LogP contribution in [0.5, 0.6) is 0 Å². The predicted molar refractivity (Wildman–Crippen MR) is 68.6 cm³/mol. The topological polar surface area (TPSA) is 15.3 Å². The summed E-state index contributed by atoms with van der Waals surface area (Å²) < 4.78 is 13.5. The first-order valence-electron chi connectivity index (χ1n) is 6.41. The van der Waals surface area contributed by atoms with Crippen LogP contribution in [0.2, 0.25) is 0 Å². The first-order chi connectivity index (χ1) is 8.22. The first-order valence-corrected chi connectivity index (χ1v) is 6.41. The maximum Gasteiger partial charge on any atom is 0.126 e. The van der Waals surface area contributed by atoms with Gasteiger partial charge < -0.3 is 10.2 Å². The van der Waals surface area contributed by atoms with Gasteiger partial charge in [-0.2, -0.15) is 0 Å². The molecule has 2 nitrogen and oxygen atoms in total. The van der Waals surface area contributed by atoms with Crippen LogP contribution in [0.1, 0.15) is 30.5 Å². The second kappa shape index (κ2) is 5.61. The summed E-state index contributed by atoms with van der Waals surface area (Å²) >= 11 is 0. The van der Waals surface area contributed by atoms with Crippen LogP contribution in [0.4, 0.5) is 4.39 Å². The third kappa shape index (κ3) is 2.85. The van der Waals surface area contributed by atoms with E-state index in [0.717, 1.165) is 43.6 Å². The predicted octanol–water partition coefficient (Wildman–Crippen LogP) is 2.35. The van der Waals surface area contributed by atoms with Gasteiger partial charge in [0.2, 0.25) is 0 Å². The van der Waals surface area contributed by atoms with Crippen LogP contribution in [-0.4, -0.2) is 31.6 Å². The molecule has 1 aromatic carbocycles. The molecule has 94 valence electrons. The van der Waals surface area contributed by atoms with E-state index in [2.05, 4.69) is 24.2 Å². The van der Waals surface area contributed by atoms with Gasteiger partial charge in [-0.1, -0.05) is 19.1 Å². The van der Waals surface area contributed by atoms with Gasteiger partial charge in [0, 0.05) is 19.1 Å². The second-order valence-electron chi connectivity index (χ2n) is 4.75. The van der Waals surface area contributed by atoms with Crippen molar-refractivity contribution in [2.24, 2.45) is 0 Å². The van der Waals surface area contributed by atoms with E-state index < -0.39 is 0 Å². The molecule has 0 aliphatic heterocycles. The zero-order valence-electron chi connectivity index (χ0n) is 10.7. The molecular weight excluding hydrogens is 215 g/mol. The zero-order chi connectivity index (χ0) is 12.3. The molecule has 1 unspecified atom stereocenters. The number of hydrogen-bond acceptors (Lipinski definition) is 2. The number of likely N-dealkylation sites (N-methyl/N-ethyl adjacent to an activating group) is 1. The SMILES string of the molecule is CCN(C)CCNC1CCc2c(F)cccc21. The van der Waals surface area contributed by atoms with Gasteiger partial charge in [0.1, 0.15) is 5.82 Å². The summed E-state index contributed by atoms with van der Waals surface area (Å²) in [6, 6.07) is 5.76. The number of benzene rings is 1. The van der Waals surface area contributed by atoms with E-state index in [1.807, 2.05) is 12.1 Å². The summed E-state index contributed by atoms with van der Waals surface area (Å²) in [6.45, 7) is 5.22. The van der Waals surface area contributed by atoms with Crippen molar-refractivity contribution < 1.29 is 4.39 Å². The van der Waals surface area contributed by atoms with Gasteiger partial charge in [-0.15, -0.1) is 0 Å². The third-order valence-corrected chi connectivity index (χ3v) is 3.64. The third-order valence-electron chi connectivity index (χ3n) is 3.64. The highest BCUT2D eigenvalue weighted by Gasteiger charge is 2.23. The summed E-state index contributed by atoms with van der Waals surface area (Å²) in [4.78, 5) is 2.27. The molecule has 1 aliphatic rings. The smallest absolute Gasteiger partial charge is 0.126 e. The van der Waals surface area contributed by atoms with E-state index in [1.165, 1.54) is 0 Å². The lowest BCUT2D eigenvalue weighted by molar-refractivity contribution is 0.339. The Hall–Kier alpha value is -0.930. The summed E-state index contributed by atoms with van der Waals surface area (Å²) in [6.07, 6.45) is 1.88. The van der Waals surface area contributed by atoms with Crippen molar-refractivity contribution in [2.45, 2.75) is 25.8 Å². The normalized spacial score (nSPS) is 18.7. The highest BCUT2D eigenvalue weighted by molar-refractivity contribution is 5.35. The van der Waals surface area contributed by atoms with E-state index >= 15 is 0 Å². The summed E-state index contributed by atoms with van der Waals surface area (Å²) in [7, 11) is 2.12. The fourth-order valence-electron chi connectivity index (χ4n) is 2.41. The molecule has 0 amide bonds. The fourth-order valence-corrected chi connectivity index (χ4v) is 2.41. The fraction of sp³-hybridized carbons (Fsp3) is 0.571. The Balaban J connectivity index is 1.91. The van der Waals surface area contributed by atoms with Crippen LogP contribution in [0.3, 0.4) is 0 Å². The maximum atomic E-state index is 13.5. The second-order valence-corrected chi connectivity index (χ2v) is 4.75. The van der Waals surface area contributed by atoms with E-state index in [1.54, 1.807) is 6.07 Å². The number of nitrogens with one attached hydrogen (secondary N) is 1. The molecular formula is C14H21FN2. The molecule has 1 atom stereocenters. The highest BCUT2D eigenvalue weighted by Crippen LogP contribution is 2.32. The monoisotopic (exact) mass is 236 g/mol. The standard InChI is InChI=1S/C14H21FN2/c1-3-17(2)10-9-16-14-8-7-11-12(14)5-4-6-13(11)15/h4-6,14,16H,3,7-10H2,1-2H3. The van der Waals surface area contributed by atoms with Crippen LogP contribution in [0, 0.1) is 5.82 Å². The molecule has 0 aromatic heterocycles. The van der Waals surface area contributed by atoms with Crippen LogP contribution < -0.4 is 5.32 Å². The van der Waals surface area contributed by atoms with Gasteiger partial charge in [0.15, 0.2) is 0 Å². The highest BCUT2D eigenvalue weighted by atomic mass is 19.1. The molecule has 3 heteroatoms. The molecule has 1 aromatic rings. The minimum absolute atomic E-state index is 0.0440. The van der Waals surface area contributed by atoms with Crippen molar-refractivity contribution in [3.63, 3.8) is 0 Å². The van der Waals surface area contributed by atoms with Crippen molar-refractivity contribution in [3.8, 4) is 0 Å². The lowest BCUT2D eigenvalue weighted by Crippen LogP contribution is -2.30. The maximum absolute atomic E-state index is 13.5. The first kappa shape index (κ1) is 12.5. The van der Waals surface area contributed by atoms with Crippen LogP contribution in [0.15, 0.2) is 18.2 Å². The minimum atomic E-state index is -0.0440. The average Bonchev–Trinajstić information content (AvgIpc) is 2.74. The van der Waals surface area contributed by atoms with E-state index in [9.17, 15) is 4.39 Å². The Kier molecular flexibility index (Phi) is 4.13. The van der Waals surface area contributed by atoms with Crippen LogP contribution in [-0.2, 0) is 6.42 Å². The van der Waals surface area contributed by atoms with Crippen molar-refractivity contribution in [3.05, 3.63) is 35.1 Å². The van der Waals surface area contributed by atoms with Crippen LogP contribution in [0.25, 0.3) is 0 Å². The van der Waals surface area contributed by atoms with Crippen molar-refractivity contribution in [1.82, 2.24) is 10.2 Å². The molecule has 0 bridgehead atoms. The Morgan fingerprint density at radius 3 is 3.06 bits per heavy atom.